The van der Waals surface area contributed by atoms with Gasteiger partial charge in [0.1, 0.15) is 6.61 Å². The van der Waals surface area contributed by atoms with Crippen molar-refractivity contribution in [3.8, 4) is 0 Å². The Bertz CT molecular complexity index is 749. The molecule has 2 N–H and O–H groups in total. The SMILES string of the molecule is CC(NC1CC(NC(=O)OCc2ccccc2)C1)c1ccc(Cl)c(Cl)c1. The smallest absolute Gasteiger partial charge is 0.407 e. The number of carbonyl (C=O) groups is 1. The summed E-state index contributed by atoms with van der Waals surface area (Å²) in [5, 5.41) is 7.57. The summed E-state index contributed by atoms with van der Waals surface area (Å²) in [6.07, 6.45) is 1.40. The van der Waals surface area contributed by atoms with Gasteiger partial charge in [-0.05, 0) is 43.0 Å². The average Bonchev–Trinajstić information content (AvgIpc) is 2.61. The summed E-state index contributed by atoms with van der Waals surface area (Å²) < 4.78 is 5.25. The van der Waals surface area contributed by atoms with Crippen LogP contribution in [-0.2, 0) is 11.3 Å². The molecule has 1 fully saturated rings. The highest BCUT2D eigenvalue weighted by Crippen LogP contribution is 2.28. The Morgan fingerprint density at radius 2 is 1.85 bits per heavy atom. The number of halogens is 2. The lowest BCUT2D eigenvalue weighted by Gasteiger charge is -2.38. The van der Waals surface area contributed by atoms with E-state index in [1.807, 2.05) is 48.5 Å². The highest BCUT2D eigenvalue weighted by molar-refractivity contribution is 6.42. The average molecular weight is 393 g/mol. The summed E-state index contributed by atoms with van der Waals surface area (Å²) in [5.41, 5.74) is 2.07. The van der Waals surface area contributed by atoms with Crippen LogP contribution in [0.2, 0.25) is 10.0 Å². The second kappa shape index (κ2) is 8.76. The summed E-state index contributed by atoms with van der Waals surface area (Å²) in [7, 11) is 0. The molecule has 0 saturated heterocycles. The van der Waals surface area contributed by atoms with Crippen molar-refractivity contribution in [1.29, 1.82) is 0 Å². The normalized spacial score (nSPS) is 20.1. The molecular weight excluding hydrogens is 371 g/mol. The van der Waals surface area contributed by atoms with Crippen LogP contribution in [0.1, 0.15) is 36.9 Å². The first-order valence-corrected chi connectivity index (χ1v) is 9.45. The maximum atomic E-state index is 11.9. The molecular formula is C20H22Cl2N2O2. The van der Waals surface area contributed by atoms with Crippen LogP contribution >= 0.6 is 23.2 Å². The van der Waals surface area contributed by atoms with E-state index in [4.69, 9.17) is 27.9 Å². The molecule has 2 aromatic carbocycles. The first-order chi connectivity index (χ1) is 12.5. The fourth-order valence-electron chi connectivity index (χ4n) is 3.03. The van der Waals surface area contributed by atoms with Crippen molar-refractivity contribution >= 4 is 29.3 Å². The van der Waals surface area contributed by atoms with Crippen LogP contribution in [0.3, 0.4) is 0 Å². The van der Waals surface area contributed by atoms with Crippen LogP contribution in [0.5, 0.6) is 0 Å². The van der Waals surface area contributed by atoms with Crippen LogP contribution in [0.4, 0.5) is 4.79 Å². The van der Waals surface area contributed by atoms with Gasteiger partial charge in [-0.25, -0.2) is 4.79 Å². The van der Waals surface area contributed by atoms with Gasteiger partial charge in [0.05, 0.1) is 10.0 Å². The fraction of sp³-hybridized carbons (Fsp3) is 0.350. The zero-order chi connectivity index (χ0) is 18.5. The minimum atomic E-state index is -0.366. The fourth-order valence-corrected chi connectivity index (χ4v) is 3.34. The van der Waals surface area contributed by atoms with Crippen molar-refractivity contribution in [1.82, 2.24) is 10.6 Å². The zero-order valence-corrected chi connectivity index (χ0v) is 16.1. The number of rotatable bonds is 6. The van der Waals surface area contributed by atoms with Crippen LogP contribution in [0.15, 0.2) is 48.5 Å². The van der Waals surface area contributed by atoms with Crippen molar-refractivity contribution in [2.45, 2.75) is 44.5 Å². The first kappa shape index (κ1) is 19.0. The summed E-state index contributed by atoms with van der Waals surface area (Å²) in [6.45, 7) is 2.38. The Labute approximate surface area is 163 Å². The largest absolute Gasteiger partial charge is 0.445 e. The van der Waals surface area contributed by atoms with E-state index < -0.39 is 0 Å². The number of carbonyl (C=O) groups excluding carboxylic acids is 1. The molecule has 3 rings (SSSR count). The standard InChI is InChI=1S/C20H22Cl2N2O2/c1-13(15-7-8-18(21)19(22)9-15)23-16-10-17(11-16)24-20(25)26-12-14-5-3-2-4-6-14/h2-9,13,16-17,23H,10-12H2,1H3,(H,24,25). The van der Waals surface area contributed by atoms with E-state index in [2.05, 4.69) is 17.6 Å². The van der Waals surface area contributed by atoms with Gasteiger partial charge in [0.25, 0.3) is 0 Å². The predicted molar refractivity (Wildman–Crippen MR) is 105 cm³/mol. The topological polar surface area (TPSA) is 50.4 Å². The number of hydrogen-bond acceptors (Lipinski definition) is 3. The van der Waals surface area contributed by atoms with Gasteiger partial charge in [0, 0.05) is 18.1 Å². The van der Waals surface area contributed by atoms with Gasteiger partial charge < -0.3 is 15.4 Å². The van der Waals surface area contributed by atoms with E-state index in [1.165, 1.54) is 0 Å². The van der Waals surface area contributed by atoms with Gasteiger partial charge in [0.2, 0.25) is 0 Å². The second-order valence-electron chi connectivity index (χ2n) is 6.63. The minimum Gasteiger partial charge on any atom is -0.445 e. The van der Waals surface area contributed by atoms with Crippen LogP contribution < -0.4 is 10.6 Å². The quantitative estimate of drug-likeness (QED) is 0.718. The van der Waals surface area contributed by atoms with Gasteiger partial charge in [-0.1, -0.05) is 59.6 Å². The molecule has 0 aliphatic heterocycles. The number of hydrogen-bond donors (Lipinski definition) is 2. The van der Waals surface area contributed by atoms with E-state index >= 15 is 0 Å². The Morgan fingerprint density at radius 3 is 2.54 bits per heavy atom. The van der Waals surface area contributed by atoms with Crippen LogP contribution in [0.25, 0.3) is 0 Å². The third kappa shape index (κ3) is 5.13. The van der Waals surface area contributed by atoms with Gasteiger partial charge in [-0.2, -0.15) is 0 Å². The first-order valence-electron chi connectivity index (χ1n) is 8.69. The number of ether oxygens (including phenoxy) is 1. The summed E-state index contributed by atoms with van der Waals surface area (Å²) >= 11 is 12.0. The Kier molecular flexibility index (Phi) is 6.41. The third-order valence-electron chi connectivity index (χ3n) is 4.60. The maximum absolute atomic E-state index is 11.9. The molecule has 138 valence electrons. The zero-order valence-electron chi connectivity index (χ0n) is 14.5. The molecule has 1 amide bonds. The van der Waals surface area contributed by atoms with Crippen molar-refractivity contribution in [3.63, 3.8) is 0 Å². The summed E-state index contributed by atoms with van der Waals surface area (Å²) in [6, 6.07) is 16.0. The molecule has 0 aromatic heterocycles. The molecule has 0 heterocycles. The van der Waals surface area contributed by atoms with Crippen molar-refractivity contribution in [2.75, 3.05) is 0 Å². The number of benzene rings is 2. The molecule has 6 heteroatoms. The summed E-state index contributed by atoms with van der Waals surface area (Å²) in [5.74, 6) is 0. The third-order valence-corrected chi connectivity index (χ3v) is 5.34. The highest BCUT2D eigenvalue weighted by atomic mass is 35.5. The van der Waals surface area contributed by atoms with Gasteiger partial charge >= 0.3 is 6.09 Å². The van der Waals surface area contributed by atoms with Gasteiger partial charge in [0.15, 0.2) is 0 Å². The summed E-state index contributed by atoms with van der Waals surface area (Å²) in [4.78, 5) is 11.9. The van der Waals surface area contributed by atoms with E-state index in [-0.39, 0.29) is 24.8 Å². The number of alkyl carbamates (subject to hydrolysis) is 1. The molecule has 1 unspecified atom stereocenters. The van der Waals surface area contributed by atoms with E-state index in [1.54, 1.807) is 0 Å². The molecule has 1 aliphatic carbocycles. The van der Waals surface area contributed by atoms with Crippen molar-refractivity contribution < 1.29 is 9.53 Å². The van der Waals surface area contributed by atoms with Crippen molar-refractivity contribution in [2.24, 2.45) is 0 Å². The molecule has 1 atom stereocenters. The maximum Gasteiger partial charge on any atom is 0.407 e. The van der Waals surface area contributed by atoms with Crippen LogP contribution in [0, 0.1) is 0 Å². The molecule has 2 aromatic rings. The lowest BCUT2D eigenvalue weighted by Crippen LogP contribution is -2.52. The molecule has 1 saturated carbocycles. The monoisotopic (exact) mass is 392 g/mol. The Balaban J connectivity index is 1.37. The Morgan fingerprint density at radius 1 is 1.12 bits per heavy atom. The molecule has 0 spiro atoms. The minimum absolute atomic E-state index is 0.150. The van der Waals surface area contributed by atoms with E-state index in [0.29, 0.717) is 16.1 Å². The molecule has 26 heavy (non-hydrogen) atoms. The van der Waals surface area contributed by atoms with Gasteiger partial charge in [-0.3, -0.25) is 0 Å². The predicted octanol–water partition coefficient (Wildman–Crippen LogP) is 5.10. The molecule has 0 radical (unpaired) electrons. The highest BCUT2D eigenvalue weighted by Gasteiger charge is 2.31. The van der Waals surface area contributed by atoms with Gasteiger partial charge in [-0.15, -0.1) is 0 Å². The Hall–Kier alpha value is -1.75. The van der Waals surface area contributed by atoms with Crippen LogP contribution in [-0.4, -0.2) is 18.2 Å². The van der Waals surface area contributed by atoms with E-state index in [9.17, 15) is 4.79 Å². The lowest BCUT2D eigenvalue weighted by atomic mass is 9.86. The molecule has 4 nitrogen and oxygen atoms in total. The molecule has 0 bridgehead atoms. The molecule has 1 aliphatic rings. The number of amides is 1. The number of nitrogens with one attached hydrogen (secondary N) is 2. The van der Waals surface area contributed by atoms with Crippen molar-refractivity contribution in [3.05, 3.63) is 69.7 Å². The lowest BCUT2D eigenvalue weighted by molar-refractivity contribution is 0.124. The van der Waals surface area contributed by atoms with E-state index in [0.717, 1.165) is 24.0 Å². The second-order valence-corrected chi connectivity index (χ2v) is 7.45.